The highest BCUT2D eigenvalue weighted by Crippen LogP contribution is 2.66. The molecule has 1 aromatic heterocycles. The third-order valence-corrected chi connectivity index (χ3v) is 8.81. The highest BCUT2D eigenvalue weighted by molar-refractivity contribution is 5.92. The van der Waals surface area contributed by atoms with Crippen molar-refractivity contribution >= 4 is 17.6 Å². The monoisotopic (exact) mass is 384 g/mol. The summed E-state index contributed by atoms with van der Waals surface area (Å²) < 4.78 is 0. The van der Waals surface area contributed by atoms with Crippen LogP contribution in [0, 0.1) is 28.6 Å². The number of carbonyl (C=O) groups is 2. The Morgan fingerprint density at radius 2 is 2.11 bits per heavy atom. The third kappa shape index (κ3) is 2.03. The molecule has 4 aliphatic carbocycles. The van der Waals surface area contributed by atoms with E-state index in [9.17, 15) is 19.8 Å². The number of aromatic amines is 1. The maximum atomic E-state index is 13.5. The lowest BCUT2D eigenvalue weighted by molar-refractivity contribution is -0.169. The molecule has 1 aromatic rings. The molecular weight excluding hydrogens is 356 g/mol. The van der Waals surface area contributed by atoms with E-state index < -0.39 is 23.4 Å². The van der Waals surface area contributed by atoms with Gasteiger partial charge in [-0.2, -0.15) is 5.10 Å². The molecule has 0 saturated heterocycles. The molecule has 6 atom stereocenters. The van der Waals surface area contributed by atoms with Gasteiger partial charge in [-0.05, 0) is 55.6 Å². The Hall–Kier alpha value is -1.79. The molecule has 3 fully saturated rings. The molecule has 0 unspecified atom stereocenters. The van der Waals surface area contributed by atoms with Gasteiger partial charge in [0, 0.05) is 23.2 Å². The number of carbonyl (C=O) groups excluding carboxylic acids is 2. The molecule has 6 heteroatoms. The summed E-state index contributed by atoms with van der Waals surface area (Å²) in [6, 6.07) is 0. The maximum Gasteiger partial charge on any atom is 0.190 e. The summed E-state index contributed by atoms with van der Waals surface area (Å²) >= 11 is 0. The van der Waals surface area contributed by atoms with Gasteiger partial charge in [0.2, 0.25) is 0 Å². The SMILES string of the molecule is C[C@]12Cc3cn[nH]c3C=C1CC[C@@H]1[C@@H]2C(=O)C[C@@]2(C)[C@H]1CC[C@]2(O)C(=O)CO. The molecule has 0 aliphatic heterocycles. The van der Waals surface area contributed by atoms with Crippen molar-refractivity contribution in [2.24, 2.45) is 28.6 Å². The fraction of sp³-hybridized carbons (Fsp3) is 0.682. The number of hydrogen-bond acceptors (Lipinski definition) is 5. The lowest BCUT2D eigenvalue weighted by Crippen LogP contribution is -2.61. The number of nitrogens with zero attached hydrogens (tertiary/aromatic N) is 1. The first-order valence-corrected chi connectivity index (χ1v) is 10.4. The Kier molecular flexibility index (Phi) is 3.67. The molecule has 6 nitrogen and oxygen atoms in total. The van der Waals surface area contributed by atoms with Gasteiger partial charge in [-0.25, -0.2) is 0 Å². The molecule has 0 aromatic carbocycles. The average Bonchev–Trinajstić information content (AvgIpc) is 3.20. The summed E-state index contributed by atoms with van der Waals surface area (Å²) in [6.07, 6.45) is 7.98. The minimum Gasteiger partial charge on any atom is -0.388 e. The Morgan fingerprint density at radius 3 is 2.86 bits per heavy atom. The number of nitrogens with one attached hydrogen (secondary N) is 1. The Labute approximate surface area is 164 Å². The van der Waals surface area contributed by atoms with E-state index in [-0.39, 0.29) is 35.4 Å². The van der Waals surface area contributed by atoms with E-state index >= 15 is 0 Å². The third-order valence-electron chi connectivity index (χ3n) is 8.81. The molecule has 5 rings (SSSR count). The molecule has 0 radical (unpaired) electrons. The van der Waals surface area contributed by atoms with Crippen molar-refractivity contribution in [1.29, 1.82) is 0 Å². The van der Waals surface area contributed by atoms with E-state index in [1.165, 1.54) is 5.57 Å². The highest BCUT2D eigenvalue weighted by Gasteiger charge is 2.68. The van der Waals surface area contributed by atoms with Crippen LogP contribution in [0.15, 0.2) is 11.8 Å². The Morgan fingerprint density at radius 1 is 1.32 bits per heavy atom. The van der Waals surface area contributed by atoms with Gasteiger partial charge in [0.15, 0.2) is 5.78 Å². The van der Waals surface area contributed by atoms with E-state index in [2.05, 4.69) is 23.2 Å². The smallest absolute Gasteiger partial charge is 0.190 e. The van der Waals surface area contributed by atoms with Gasteiger partial charge in [-0.15, -0.1) is 0 Å². The van der Waals surface area contributed by atoms with Gasteiger partial charge in [-0.3, -0.25) is 14.7 Å². The molecule has 0 bridgehead atoms. The molecule has 1 heterocycles. The van der Waals surface area contributed by atoms with Crippen LogP contribution in [-0.4, -0.2) is 44.2 Å². The van der Waals surface area contributed by atoms with Crippen molar-refractivity contribution in [3.05, 3.63) is 23.0 Å². The number of rotatable bonds is 2. The lowest BCUT2D eigenvalue weighted by Gasteiger charge is -2.57. The van der Waals surface area contributed by atoms with E-state index in [0.717, 1.165) is 36.9 Å². The Bertz CT molecular complexity index is 904. The van der Waals surface area contributed by atoms with Crippen LogP contribution in [0.25, 0.3) is 6.08 Å². The molecule has 0 amide bonds. The number of H-pyrrole nitrogens is 1. The second-order valence-electron chi connectivity index (χ2n) is 9.90. The molecule has 4 aliphatic rings. The second kappa shape index (κ2) is 5.63. The van der Waals surface area contributed by atoms with Crippen molar-refractivity contribution in [1.82, 2.24) is 10.2 Å². The van der Waals surface area contributed by atoms with Crippen LogP contribution in [0.3, 0.4) is 0 Å². The fourth-order valence-electron chi connectivity index (χ4n) is 7.39. The van der Waals surface area contributed by atoms with Crippen molar-refractivity contribution in [2.45, 2.75) is 58.0 Å². The minimum atomic E-state index is -1.59. The average molecular weight is 384 g/mol. The quantitative estimate of drug-likeness (QED) is 0.724. The van der Waals surface area contributed by atoms with Crippen LogP contribution in [0.4, 0.5) is 0 Å². The first-order valence-electron chi connectivity index (χ1n) is 10.4. The van der Waals surface area contributed by atoms with Crippen molar-refractivity contribution in [3.63, 3.8) is 0 Å². The number of aliphatic hydroxyl groups excluding tert-OH is 1. The molecule has 3 N–H and O–H groups in total. The number of allylic oxidation sites excluding steroid dienone is 1. The number of aliphatic hydroxyl groups is 2. The van der Waals surface area contributed by atoms with Crippen molar-refractivity contribution < 1.29 is 19.8 Å². The zero-order valence-electron chi connectivity index (χ0n) is 16.5. The zero-order valence-corrected chi connectivity index (χ0v) is 16.5. The maximum absolute atomic E-state index is 13.5. The van der Waals surface area contributed by atoms with Crippen LogP contribution >= 0.6 is 0 Å². The topological polar surface area (TPSA) is 103 Å². The van der Waals surface area contributed by atoms with E-state index in [1.54, 1.807) is 0 Å². The fourth-order valence-corrected chi connectivity index (χ4v) is 7.39. The van der Waals surface area contributed by atoms with E-state index in [1.807, 2.05) is 13.1 Å². The second-order valence-corrected chi connectivity index (χ2v) is 9.90. The normalized spacial score (nSPS) is 44.2. The van der Waals surface area contributed by atoms with Crippen LogP contribution < -0.4 is 0 Å². The summed E-state index contributed by atoms with van der Waals surface area (Å²) in [7, 11) is 0. The molecular formula is C22H28N2O4. The van der Waals surface area contributed by atoms with Crippen LogP contribution in [0.1, 0.15) is 57.2 Å². The van der Waals surface area contributed by atoms with E-state index in [0.29, 0.717) is 6.42 Å². The number of hydrogen-bond donors (Lipinski definition) is 3. The van der Waals surface area contributed by atoms with Crippen LogP contribution in [0.2, 0.25) is 0 Å². The zero-order chi connectivity index (χ0) is 19.9. The molecule has 28 heavy (non-hydrogen) atoms. The minimum absolute atomic E-state index is 0.0831. The number of Topliss-reactive ketones (excluding diaryl/α,β-unsaturated/α-hetero) is 2. The number of aromatic nitrogens is 2. The van der Waals surface area contributed by atoms with Gasteiger partial charge in [0.05, 0.1) is 11.9 Å². The molecule has 150 valence electrons. The summed E-state index contributed by atoms with van der Waals surface area (Å²) in [5, 5.41) is 27.9. The number of ketones is 2. The molecule has 3 saturated carbocycles. The van der Waals surface area contributed by atoms with Crippen LogP contribution in [0.5, 0.6) is 0 Å². The van der Waals surface area contributed by atoms with E-state index in [4.69, 9.17) is 0 Å². The first-order chi connectivity index (χ1) is 13.2. The predicted octanol–water partition coefficient (Wildman–Crippen LogP) is 2.06. The van der Waals surface area contributed by atoms with Gasteiger partial charge >= 0.3 is 0 Å². The Balaban J connectivity index is 1.56. The summed E-state index contributed by atoms with van der Waals surface area (Å²) in [4.78, 5) is 26.0. The molecule has 0 spiro atoms. The first kappa shape index (κ1) is 18.3. The highest BCUT2D eigenvalue weighted by atomic mass is 16.3. The van der Waals surface area contributed by atoms with Crippen LogP contribution in [-0.2, 0) is 16.0 Å². The van der Waals surface area contributed by atoms with Gasteiger partial charge in [-0.1, -0.05) is 19.4 Å². The standard InChI is InChI=1S/C22H28N2O4/c1-20-8-12-10-23-24-16(12)7-13(20)3-4-14-15-5-6-22(28,18(27)11-25)21(15,2)9-17(26)19(14)20/h7,10,14-15,19,25,28H,3-6,8-9,11H2,1-2H3,(H,23,24)/t14-,15-,19+,20-,21-,22-/m0/s1. The van der Waals surface area contributed by atoms with Gasteiger partial charge < -0.3 is 10.2 Å². The van der Waals surface area contributed by atoms with Gasteiger partial charge in [0.1, 0.15) is 18.0 Å². The number of fused-ring (bicyclic) bond motifs is 6. The lowest BCUT2D eigenvalue weighted by atomic mass is 9.46. The van der Waals surface area contributed by atoms with Crippen molar-refractivity contribution in [3.8, 4) is 0 Å². The van der Waals surface area contributed by atoms with Crippen molar-refractivity contribution in [2.75, 3.05) is 6.61 Å². The van der Waals surface area contributed by atoms with Gasteiger partial charge in [0.25, 0.3) is 0 Å². The largest absolute Gasteiger partial charge is 0.388 e. The summed E-state index contributed by atoms with van der Waals surface area (Å²) in [5.41, 5.74) is 0.947. The summed E-state index contributed by atoms with van der Waals surface area (Å²) in [6.45, 7) is 3.44. The predicted molar refractivity (Wildman–Crippen MR) is 102 cm³/mol. The summed E-state index contributed by atoms with van der Waals surface area (Å²) in [5.74, 6) is -0.163.